The first kappa shape index (κ1) is 11.1. The number of carbonyl (C=O) groups excluding carboxylic acids is 1. The van der Waals surface area contributed by atoms with Crippen LogP contribution in [-0.4, -0.2) is 29.1 Å². The Kier molecular flexibility index (Phi) is 2.70. The van der Waals surface area contributed by atoms with E-state index in [1.165, 1.54) is 5.56 Å². The molecular formula is C14H16N2O2. The summed E-state index contributed by atoms with van der Waals surface area (Å²) in [7, 11) is 0. The third kappa shape index (κ3) is 1.94. The van der Waals surface area contributed by atoms with Gasteiger partial charge in [0.05, 0.1) is 6.04 Å². The van der Waals surface area contributed by atoms with Crippen molar-refractivity contribution in [1.82, 2.24) is 10.2 Å². The maximum absolute atomic E-state index is 12.0. The second kappa shape index (κ2) is 4.37. The maximum atomic E-state index is 12.0. The first-order valence-corrected chi connectivity index (χ1v) is 6.26. The Hall–Kier alpha value is -1.97. The third-order valence-electron chi connectivity index (χ3n) is 3.61. The zero-order chi connectivity index (χ0) is 12.5. The van der Waals surface area contributed by atoms with E-state index in [0.717, 1.165) is 18.4 Å². The first-order valence-electron chi connectivity index (χ1n) is 6.26. The molecule has 1 heterocycles. The van der Waals surface area contributed by atoms with Crippen LogP contribution in [0, 0.1) is 0 Å². The number of aryl methyl sites for hydroxylation is 1. The minimum atomic E-state index is -0.0267. The van der Waals surface area contributed by atoms with Gasteiger partial charge in [0.2, 0.25) is 0 Å². The summed E-state index contributed by atoms with van der Waals surface area (Å²) >= 11 is 0. The van der Waals surface area contributed by atoms with Crippen molar-refractivity contribution in [2.45, 2.75) is 18.9 Å². The van der Waals surface area contributed by atoms with Crippen molar-refractivity contribution in [1.29, 1.82) is 0 Å². The Bertz CT molecular complexity index is 503. The van der Waals surface area contributed by atoms with Crippen LogP contribution in [0.4, 0.5) is 4.79 Å². The number of rotatable bonds is 1. The molecule has 1 atom stereocenters. The van der Waals surface area contributed by atoms with Gasteiger partial charge in [-0.25, -0.2) is 4.79 Å². The SMILES string of the molecule is O=C(NC1CCc2ccc(O)cc21)N1CC=CC1. The molecule has 2 aliphatic rings. The van der Waals surface area contributed by atoms with E-state index in [4.69, 9.17) is 0 Å². The summed E-state index contributed by atoms with van der Waals surface area (Å²) < 4.78 is 0. The Morgan fingerprint density at radius 3 is 2.89 bits per heavy atom. The van der Waals surface area contributed by atoms with Crippen LogP contribution in [0.25, 0.3) is 0 Å². The van der Waals surface area contributed by atoms with Crippen LogP contribution in [-0.2, 0) is 6.42 Å². The number of hydrogen-bond donors (Lipinski definition) is 2. The van der Waals surface area contributed by atoms with Crippen LogP contribution in [0.15, 0.2) is 30.4 Å². The quantitative estimate of drug-likeness (QED) is 0.742. The van der Waals surface area contributed by atoms with Gasteiger partial charge in [-0.3, -0.25) is 0 Å². The molecule has 94 valence electrons. The summed E-state index contributed by atoms with van der Waals surface area (Å²) in [4.78, 5) is 13.8. The largest absolute Gasteiger partial charge is 0.508 e. The van der Waals surface area contributed by atoms with Crippen LogP contribution in [0.1, 0.15) is 23.6 Å². The highest BCUT2D eigenvalue weighted by Gasteiger charge is 2.26. The lowest BCUT2D eigenvalue weighted by Gasteiger charge is -2.20. The van der Waals surface area contributed by atoms with Crippen molar-refractivity contribution in [3.8, 4) is 5.75 Å². The van der Waals surface area contributed by atoms with Crippen LogP contribution in [0.5, 0.6) is 5.75 Å². The molecule has 1 aliphatic carbocycles. The van der Waals surface area contributed by atoms with E-state index in [-0.39, 0.29) is 17.8 Å². The van der Waals surface area contributed by atoms with Crippen molar-refractivity contribution in [3.05, 3.63) is 41.5 Å². The smallest absolute Gasteiger partial charge is 0.318 e. The van der Waals surface area contributed by atoms with Gasteiger partial charge < -0.3 is 15.3 Å². The van der Waals surface area contributed by atoms with Crippen molar-refractivity contribution in [2.75, 3.05) is 13.1 Å². The van der Waals surface area contributed by atoms with Crippen molar-refractivity contribution in [3.63, 3.8) is 0 Å². The average molecular weight is 244 g/mol. The summed E-state index contributed by atoms with van der Waals surface area (Å²) in [6, 6.07) is 5.40. The number of carbonyl (C=O) groups is 1. The van der Waals surface area contributed by atoms with E-state index in [0.29, 0.717) is 13.1 Å². The van der Waals surface area contributed by atoms with Crippen molar-refractivity contribution < 1.29 is 9.90 Å². The number of nitrogens with zero attached hydrogens (tertiary/aromatic N) is 1. The van der Waals surface area contributed by atoms with Crippen LogP contribution in [0.2, 0.25) is 0 Å². The fourth-order valence-electron chi connectivity index (χ4n) is 2.62. The van der Waals surface area contributed by atoms with Crippen LogP contribution < -0.4 is 5.32 Å². The number of phenolic OH excluding ortho intramolecular Hbond substituents is 1. The van der Waals surface area contributed by atoms with E-state index >= 15 is 0 Å². The monoisotopic (exact) mass is 244 g/mol. The standard InChI is InChI=1S/C14H16N2O2/c17-11-5-3-10-4-6-13(12(10)9-11)15-14(18)16-7-1-2-8-16/h1-3,5,9,13,17H,4,6-8H2,(H,15,18). The number of amides is 2. The lowest BCUT2D eigenvalue weighted by Crippen LogP contribution is -2.39. The Morgan fingerprint density at radius 1 is 1.33 bits per heavy atom. The van der Waals surface area contributed by atoms with Crippen molar-refractivity contribution in [2.24, 2.45) is 0 Å². The van der Waals surface area contributed by atoms with E-state index in [9.17, 15) is 9.90 Å². The fraction of sp³-hybridized carbons (Fsp3) is 0.357. The van der Waals surface area contributed by atoms with Crippen LogP contribution >= 0.6 is 0 Å². The molecule has 4 heteroatoms. The number of benzene rings is 1. The zero-order valence-electron chi connectivity index (χ0n) is 10.1. The Morgan fingerprint density at radius 2 is 2.11 bits per heavy atom. The summed E-state index contributed by atoms with van der Waals surface area (Å²) in [5.41, 5.74) is 2.27. The van der Waals surface area contributed by atoms with Gasteiger partial charge in [0.15, 0.2) is 0 Å². The number of nitrogens with one attached hydrogen (secondary N) is 1. The molecule has 1 unspecified atom stereocenters. The predicted molar refractivity (Wildman–Crippen MR) is 68.4 cm³/mol. The fourth-order valence-corrected chi connectivity index (χ4v) is 2.62. The van der Waals surface area contributed by atoms with Gasteiger partial charge in [-0.05, 0) is 36.1 Å². The summed E-state index contributed by atoms with van der Waals surface area (Å²) in [6.45, 7) is 1.37. The Labute approximate surface area is 106 Å². The number of phenols is 1. The molecule has 4 nitrogen and oxygen atoms in total. The number of urea groups is 1. The van der Waals surface area contributed by atoms with E-state index < -0.39 is 0 Å². The average Bonchev–Trinajstić information content (AvgIpc) is 2.99. The minimum absolute atomic E-state index is 0.0267. The normalized spacial score (nSPS) is 21.1. The molecule has 0 radical (unpaired) electrons. The molecule has 2 N–H and O–H groups in total. The highest BCUT2D eigenvalue weighted by Crippen LogP contribution is 2.33. The zero-order valence-corrected chi connectivity index (χ0v) is 10.1. The molecule has 0 aromatic heterocycles. The van der Waals surface area contributed by atoms with Crippen LogP contribution in [0.3, 0.4) is 0 Å². The van der Waals surface area contributed by atoms with E-state index in [1.54, 1.807) is 17.0 Å². The third-order valence-corrected chi connectivity index (χ3v) is 3.61. The molecule has 1 aliphatic heterocycles. The molecule has 0 bridgehead atoms. The van der Waals surface area contributed by atoms with Gasteiger partial charge in [-0.15, -0.1) is 0 Å². The van der Waals surface area contributed by atoms with E-state index in [1.807, 2.05) is 18.2 Å². The molecule has 0 saturated heterocycles. The highest BCUT2D eigenvalue weighted by atomic mass is 16.3. The topological polar surface area (TPSA) is 52.6 Å². The molecule has 2 amide bonds. The lowest BCUT2D eigenvalue weighted by atomic mass is 10.1. The summed E-state index contributed by atoms with van der Waals surface area (Å²) in [6.07, 6.45) is 5.85. The van der Waals surface area contributed by atoms with Gasteiger partial charge in [-0.2, -0.15) is 0 Å². The van der Waals surface area contributed by atoms with Crippen molar-refractivity contribution >= 4 is 6.03 Å². The molecule has 18 heavy (non-hydrogen) atoms. The molecule has 3 rings (SSSR count). The molecule has 0 fully saturated rings. The number of aromatic hydroxyl groups is 1. The minimum Gasteiger partial charge on any atom is -0.508 e. The summed E-state index contributed by atoms with van der Waals surface area (Å²) in [5.74, 6) is 0.262. The van der Waals surface area contributed by atoms with Gasteiger partial charge >= 0.3 is 6.03 Å². The van der Waals surface area contributed by atoms with Gasteiger partial charge in [0.25, 0.3) is 0 Å². The molecule has 1 aromatic carbocycles. The van der Waals surface area contributed by atoms with E-state index in [2.05, 4.69) is 5.32 Å². The second-order valence-corrected chi connectivity index (χ2v) is 4.80. The first-order chi connectivity index (χ1) is 8.74. The molecule has 1 aromatic rings. The molecular weight excluding hydrogens is 228 g/mol. The predicted octanol–water partition coefficient (Wildman–Crippen LogP) is 1.96. The summed E-state index contributed by atoms with van der Waals surface area (Å²) in [5, 5.41) is 12.6. The Balaban J connectivity index is 1.72. The number of fused-ring (bicyclic) bond motifs is 1. The number of hydrogen-bond acceptors (Lipinski definition) is 2. The lowest BCUT2D eigenvalue weighted by molar-refractivity contribution is 0.206. The highest BCUT2D eigenvalue weighted by molar-refractivity contribution is 5.75. The van der Waals surface area contributed by atoms with Gasteiger partial charge in [0, 0.05) is 13.1 Å². The molecule has 0 spiro atoms. The van der Waals surface area contributed by atoms with Gasteiger partial charge in [-0.1, -0.05) is 18.2 Å². The maximum Gasteiger partial charge on any atom is 0.318 e. The van der Waals surface area contributed by atoms with Gasteiger partial charge in [0.1, 0.15) is 5.75 Å². The second-order valence-electron chi connectivity index (χ2n) is 4.80. The molecule has 0 saturated carbocycles.